The predicted octanol–water partition coefficient (Wildman–Crippen LogP) is 3.46. The lowest BCUT2D eigenvalue weighted by molar-refractivity contribution is -0.113. The zero-order valence-corrected chi connectivity index (χ0v) is 25.2. The molecule has 0 atom stereocenters. The first-order valence-corrected chi connectivity index (χ1v) is 16.8. The maximum Gasteiger partial charge on any atom is 0.250 e. The molecular weight excluding hydrogens is 560 g/mol. The maximum atomic E-state index is 13.0. The molecular formula is C30H36N4O5S2. The van der Waals surface area contributed by atoms with Crippen LogP contribution in [0.25, 0.3) is 6.08 Å². The number of rotatable bonds is 10. The van der Waals surface area contributed by atoms with Crippen LogP contribution in [0.2, 0.25) is 0 Å². The van der Waals surface area contributed by atoms with Gasteiger partial charge in [0.15, 0.2) is 9.84 Å². The van der Waals surface area contributed by atoms with Crippen LogP contribution in [0, 0.1) is 6.92 Å². The summed E-state index contributed by atoms with van der Waals surface area (Å²) < 4.78 is 52.1. The Bertz CT molecular complexity index is 1600. The lowest BCUT2D eigenvalue weighted by Gasteiger charge is -2.32. The number of hydrogen-bond donors (Lipinski definition) is 1. The van der Waals surface area contributed by atoms with Gasteiger partial charge in [0.05, 0.1) is 9.79 Å². The van der Waals surface area contributed by atoms with Gasteiger partial charge in [-0.15, -0.1) is 0 Å². The highest BCUT2D eigenvalue weighted by molar-refractivity contribution is 7.90. The quantitative estimate of drug-likeness (QED) is 0.357. The van der Waals surface area contributed by atoms with Crippen molar-refractivity contribution in [3.63, 3.8) is 0 Å². The number of carbonyl (C=O) groups excluding carboxylic acids is 1. The largest absolute Gasteiger partial charge is 0.312 e. The van der Waals surface area contributed by atoms with Crippen LogP contribution in [0.15, 0.2) is 82.6 Å². The molecule has 9 nitrogen and oxygen atoms in total. The lowest BCUT2D eigenvalue weighted by Crippen LogP contribution is -2.45. The molecule has 41 heavy (non-hydrogen) atoms. The van der Waals surface area contributed by atoms with Crippen molar-refractivity contribution in [1.82, 2.24) is 14.6 Å². The van der Waals surface area contributed by atoms with E-state index >= 15 is 0 Å². The van der Waals surface area contributed by atoms with E-state index in [-0.39, 0.29) is 21.7 Å². The molecule has 1 fully saturated rings. The maximum absolute atomic E-state index is 13.0. The highest BCUT2D eigenvalue weighted by Crippen LogP contribution is 2.20. The van der Waals surface area contributed by atoms with E-state index in [1.54, 1.807) is 37.4 Å². The van der Waals surface area contributed by atoms with E-state index in [1.807, 2.05) is 25.1 Å². The molecule has 218 valence electrons. The number of pyridine rings is 1. The molecule has 1 N–H and O–H groups in total. The summed E-state index contributed by atoms with van der Waals surface area (Å²) in [6.45, 7) is 4.52. The summed E-state index contributed by atoms with van der Waals surface area (Å²) in [6.07, 6.45) is 6.46. The first-order chi connectivity index (χ1) is 19.4. The van der Waals surface area contributed by atoms with Gasteiger partial charge in [-0.2, -0.15) is 0 Å². The molecule has 0 unspecified atom stereocenters. The number of amides is 1. The molecule has 2 heterocycles. The third-order valence-electron chi connectivity index (χ3n) is 7.13. The molecule has 4 rings (SSSR count). The second-order valence-electron chi connectivity index (χ2n) is 10.3. The Kier molecular flexibility index (Phi) is 9.75. The summed E-state index contributed by atoms with van der Waals surface area (Å²) in [5.74, 6) is -0.309. The topological polar surface area (TPSA) is 117 Å². The smallest absolute Gasteiger partial charge is 0.250 e. The van der Waals surface area contributed by atoms with E-state index in [1.165, 1.54) is 35.2 Å². The summed E-state index contributed by atoms with van der Waals surface area (Å²) in [5.41, 5.74) is 3.30. The van der Waals surface area contributed by atoms with Crippen LogP contribution in [0.5, 0.6) is 0 Å². The van der Waals surface area contributed by atoms with Crippen molar-refractivity contribution in [2.45, 2.75) is 42.0 Å². The fourth-order valence-electron chi connectivity index (χ4n) is 4.65. The van der Waals surface area contributed by atoms with Crippen molar-refractivity contribution in [2.75, 3.05) is 37.8 Å². The lowest BCUT2D eigenvalue weighted by atomic mass is 10.1. The van der Waals surface area contributed by atoms with Crippen LogP contribution in [0.3, 0.4) is 0 Å². The molecule has 0 saturated carbocycles. The number of piperidine rings is 1. The Morgan fingerprint density at radius 2 is 1.61 bits per heavy atom. The second kappa shape index (κ2) is 13.1. The van der Waals surface area contributed by atoms with Gasteiger partial charge in [-0.25, -0.2) is 21.6 Å². The molecule has 0 aliphatic carbocycles. The molecule has 3 aromatic rings. The van der Waals surface area contributed by atoms with Gasteiger partial charge in [0, 0.05) is 55.5 Å². The van der Waals surface area contributed by atoms with Crippen molar-refractivity contribution in [3.8, 4) is 0 Å². The number of sulfone groups is 1. The zero-order valence-electron chi connectivity index (χ0n) is 23.5. The average Bonchev–Trinajstić information content (AvgIpc) is 2.95. The van der Waals surface area contributed by atoms with E-state index in [0.717, 1.165) is 56.5 Å². The van der Waals surface area contributed by atoms with Gasteiger partial charge < -0.3 is 9.80 Å². The molecule has 2 aromatic carbocycles. The van der Waals surface area contributed by atoms with E-state index in [9.17, 15) is 21.6 Å². The zero-order chi connectivity index (χ0) is 29.6. The van der Waals surface area contributed by atoms with Gasteiger partial charge in [0.2, 0.25) is 10.0 Å². The van der Waals surface area contributed by atoms with Crippen molar-refractivity contribution in [3.05, 3.63) is 89.8 Å². The van der Waals surface area contributed by atoms with E-state index < -0.39 is 19.9 Å². The highest BCUT2D eigenvalue weighted by atomic mass is 32.2. The fraction of sp³-hybridized carbons (Fsp3) is 0.333. The number of aryl methyl sites for hydroxylation is 1. The summed E-state index contributed by atoms with van der Waals surface area (Å²) in [4.78, 5) is 21.3. The highest BCUT2D eigenvalue weighted by Gasteiger charge is 2.25. The van der Waals surface area contributed by atoms with E-state index in [0.29, 0.717) is 11.3 Å². The number of hydrogen-bond acceptors (Lipinski definition) is 7. The number of sulfonamides is 1. The monoisotopic (exact) mass is 596 g/mol. The molecule has 11 heteroatoms. The first-order valence-electron chi connectivity index (χ1n) is 13.4. The Hall–Kier alpha value is -3.38. The van der Waals surface area contributed by atoms with Gasteiger partial charge in [0.25, 0.3) is 5.91 Å². The normalized spacial score (nSPS) is 15.3. The molecule has 1 saturated heterocycles. The van der Waals surface area contributed by atoms with Crippen LogP contribution in [0.4, 0.5) is 5.69 Å². The van der Waals surface area contributed by atoms with Gasteiger partial charge in [-0.05, 0) is 93.0 Å². The van der Waals surface area contributed by atoms with E-state index in [2.05, 4.69) is 14.6 Å². The van der Waals surface area contributed by atoms with Crippen molar-refractivity contribution in [1.29, 1.82) is 0 Å². The number of anilines is 1. The van der Waals surface area contributed by atoms with Gasteiger partial charge in [-0.3, -0.25) is 9.78 Å². The molecule has 1 aliphatic rings. The Morgan fingerprint density at radius 1 is 0.976 bits per heavy atom. The van der Waals surface area contributed by atoms with Crippen LogP contribution in [0.1, 0.15) is 29.8 Å². The molecule has 1 amide bonds. The minimum Gasteiger partial charge on any atom is -0.312 e. The van der Waals surface area contributed by atoms with Crippen LogP contribution < -0.4 is 9.62 Å². The average molecular weight is 597 g/mol. The molecule has 0 bridgehead atoms. The third kappa shape index (κ3) is 8.56. The third-order valence-corrected chi connectivity index (χ3v) is 9.80. The number of likely N-dealkylation sites (N-methyl/N-ethyl adjacent to an activating group) is 1. The number of nitrogens with one attached hydrogen (secondary N) is 1. The SMILES string of the molecule is Cc1cccc(CCN2CCC(NS(=O)(=O)c3ccc(N(C)C(=O)C=Cc4ccc(S(C)(=O)=O)cc4)cc3)CC2)n1. The summed E-state index contributed by atoms with van der Waals surface area (Å²) in [6, 6.07) is 18.3. The summed E-state index contributed by atoms with van der Waals surface area (Å²) in [7, 11) is -5.39. The number of carbonyl (C=O) groups is 1. The number of aromatic nitrogens is 1. The van der Waals surface area contributed by atoms with Crippen LogP contribution in [-0.2, 0) is 31.1 Å². The van der Waals surface area contributed by atoms with Gasteiger partial charge in [0.1, 0.15) is 0 Å². The number of likely N-dealkylation sites (tertiary alicyclic amines) is 1. The number of nitrogens with zero attached hydrogens (tertiary/aromatic N) is 3. The Balaban J connectivity index is 1.28. The number of benzene rings is 2. The van der Waals surface area contributed by atoms with Crippen molar-refractivity contribution >= 4 is 37.5 Å². The van der Waals surface area contributed by atoms with Gasteiger partial charge in [-0.1, -0.05) is 18.2 Å². The molecule has 0 spiro atoms. The molecule has 1 aromatic heterocycles. The standard InChI is InChI=1S/C30H36N4O5S2/c1-23-5-4-6-25(31-23)17-20-34-21-18-26(19-22-34)32-41(38,39)29-14-10-27(11-15-29)33(2)30(35)16-9-24-7-12-28(13-8-24)40(3,36)37/h4-16,26,32H,17-22H2,1-3H3. The van der Waals surface area contributed by atoms with Crippen LogP contribution in [-0.4, -0.2) is 71.6 Å². The molecule has 0 radical (unpaired) electrons. The predicted molar refractivity (Wildman–Crippen MR) is 161 cm³/mol. The van der Waals surface area contributed by atoms with E-state index in [4.69, 9.17) is 0 Å². The first kappa shape index (κ1) is 30.6. The Labute approximate surface area is 242 Å². The van der Waals surface area contributed by atoms with Crippen LogP contribution >= 0.6 is 0 Å². The van der Waals surface area contributed by atoms with Crippen molar-refractivity contribution < 1.29 is 21.6 Å². The minimum atomic E-state index is -3.70. The Morgan fingerprint density at radius 3 is 2.22 bits per heavy atom. The second-order valence-corrected chi connectivity index (χ2v) is 14.1. The summed E-state index contributed by atoms with van der Waals surface area (Å²) >= 11 is 0. The minimum absolute atomic E-state index is 0.131. The van der Waals surface area contributed by atoms with Gasteiger partial charge >= 0.3 is 0 Å². The van der Waals surface area contributed by atoms with Crippen molar-refractivity contribution in [2.24, 2.45) is 0 Å². The summed E-state index contributed by atoms with van der Waals surface area (Å²) in [5, 5.41) is 0. The molecule has 1 aliphatic heterocycles. The fourth-order valence-corrected chi connectivity index (χ4v) is 6.59.